The SMILES string of the molecule is COCCCNC(=O)c1cc(NC(=O)COc2ccccc2)ccc1N1CCc2ccccc2C1. The average molecular weight is 474 g/mol. The molecule has 1 aliphatic heterocycles. The topological polar surface area (TPSA) is 79.9 Å². The van der Waals surface area contributed by atoms with Gasteiger partial charge in [0.05, 0.1) is 5.56 Å². The van der Waals surface area contributed by atoms with E-state index in [1.54, 1.807) is 25.3 Å². The van der Waals surface area contributed by atoms with Gasteiger partial charge in [-0.25, -0.2) is 0 Å². The van der Waals surface area contributed by atoms with Crippen molar-refractivity contribution in [2.45, 2.75) is 19.4 Å². The molecular weight excluding hydrogens is 442 g/mol. The van der Waals surface area contributed by atoms with Crippen LogP contribution in [-0.2, 0) is 22.5 Å². The van der Waals surface area contributed by atoms with E-state index in [1.807, 2.05) is 36.4 Å². The van der Waals surface area contributed by atoms with Crippen LogP contribution in [0.1, 0.15) is 27.9 Å². The van der Waals surface area contributed by atoms with Gasteiger partial charge >= 0.3 is 0 Å². The van der Waals surface area contributed by atoms with Gasteiger partial charge in [0.1, 0.15) is 5.75 Å². The Bertz CT molecular complexity index is 1150. The van der Waals surface area contributed by atoms with Crippen molar-refractivity contribution in [3.8, 4) is 5.75 Å². The molecule has 3 aromatic rings. The number of ether oxygens (including phenoxy) is 2. The van der Waals surface area contributed by atoms with Crippen molar-refractivity contribution in [1.82, 2.24) is 5.32 Å². The zero-order chi connectivity index (χ0) is 24.5. The summed E-state index contributed by atoms with van der Waals surface area (Å²) >= 11 is 0. The van der Waals surface area contributed by atoms with E-state index in [9.17, 15) is 9.59 Å². The van der Waals surface area contributed by atoms with Gasteiger partial charge in [0.25, 0.3) is 11.8 Å². The van der Waals surface area contributed by atoms with Crippen molar-refractivity contribution in [2.75, 3.05) is 43.6 Å². The summed E-state index contributed by atoms with van der Waals surface area (Å²) in [6.45, 7) is 2.52. The molecule has 3 aromatic carbocycles. The first-order chi connectivity index (χ1) is 17.1. The summed E-state index contributed by atoms with van der Waals surface area (Å²) < 4.78 is 10.6. The molecule has 0 radical (unpaired) electrons. The van der Waals surface area contributed by atoms with Gasteiger partial charge in [-0.05, 0) is 54.3 Å². The lowest BCUT2D eigenvalue weighted by Gasteiger charge is -2.32. The van der Waals surface area contributed by atoms with E-state index in [4.69, 9.17) is 9.47 Å². The fraction of sp³-hybridized carbons (Fsp3) is 0.286. The number of carbonyl (C=O) groups excluding carboxylic acids is 2. The third-order valence-corrected chi connectivity index (χ3v) is 5.92. The molecule has 1 heterocycles. The zero-order valence-corrected chi connectivity index (χ0v) is 20.0. The van der Waals surface area contributed by atoms with Crippen LogP contribution in [0.5, 0.6) is 5.75 Å². The zero-order valence-electron chi connectivity index (χ0n) is 20.0. The molecule has 0 fully saturated rings. The van der Waals surface area contributed by atoms with Crippen molar-refractivity contribution in [1.29, 1.82) is 0 Å². The molecule has 182 valence electrons. The molecule has 7 nitrogen and oxygen atoms in total. The van der Waals surface area contributed by atoms with Crippen molar-refractivity contribution in [2.24, 2.45) is 0 Å². The van der Waals surface area contributed by atoms with Crippen LogP contribution >= 0.6 is 0 Å². The Balaban J connectivity index is 1.49. The Labute approximate surface area is 206 Å². The van der Waals surface area contributed by atoms with Crippen molar-refractivity contribution in [3.63, 3.8) is 0 Å². The highest BCUT2D eigenvalue weighted by Gasteiger charge is 2.22. The number of benzene rings is 3. The lowest BCUT2D eigenvalue weighted by molar-refractivity contribution is -0.118. The fourth-order valence-corrected chi connectivity index (χ4v) is 4.15. The fourth-order valence-electron chi connectivity index (χ4n) is 4.15. The van der Waals surface area contributed by atoms with Gasteiger partial charge in [-0.2, -0.15) is 0 Å². The average Bonchev–Trinajstić information content (AvgIpc) is 2.90. The predicted octanol–water partition coefficient (Wildman–Crippen LogP) is 4.03. The van der Waals surface area contributed by atoms with E-state index in [-0.39, 0.29) is 18.4 Å². The molecule has 4 rings (SSSR count). The summed E-state index contributed by atoms with van der Waals surface area (Å²) in [5.41, 5.74) is 4.54. The summed E-state index contributed by atoms with van der Waals surface area (Å²) in [6.07, 6.45) is 1.64. The van der Waals surface area contributed by atoms with Crippen LogP contribution in [0, 0.1) is 0 Å². The Morgan fingerprint density at radius 1 is 0.971 bits per heavy atom. The highest BCUT2D eigenvalue weighted by molar-refractivity contribution is 6.02. The van der Waals surface area contributed by atoms with Crippen LogP contribution in [-0.4, -0.2) is 45.2 Å². The summed E-state index contributed by atoms with van der Waals surface area (Å²) in [5.74, 6) is 0.158. The minimum absolute atomic E-state index is 0.118. The maximum atomic E-state index is 13.1. The third kappa shape index (κ3) is 6.61. The number of para-hydroxylation sites is 1. The maximum absolute atomic E-state index is 13.1. The quantitative estimate of drug-likeness (QED) is 0.435. The molecule has 0 saturated heterocycles. The molecule has 0 aromatic heterocycles. The highest BCUT2D eigenvalue weighted by Crippen LogP contribution is 2.29. The Morgan fingerprint density at radius 2 is 1.74 bits per heavy atom. The number of amides is 2. The summed E-state index contributed by atoms with van der Waals surface area (Å²) in [7, 11) is 1.64. The van der Waals surface area contributed by atoms with E-state index in [0.717, 1.165) is 31.6 Å². The first-order valence-corrected chi connectivity index (χ1v) is 11.8. The lowest BCUT2D eigenvalue weighted by Crippen LogP contribution is -2.33. The Hall–Kier alpha value is -3.84. The van der Waals surface area contributed by atoms with Crippen LogP contribution in [0.25, 0.3) is 0 Å². The summed E-state index contributed by atoms with van der Waals surface area (Å²) in [5, 5.41) is 5.82. The van der Waals surface area contributed by atoms with Gasteiger partial charge in [0.15, 0.2) is 6.61 Å². The van der Waals surface area contributed by atoms with Crippen LogP contribution < -0.4 is 20.3 Å². The number of carbonyl (C=O) groups is 2. The number of anilines is 2. The third-order valence-electron chi connectivity index (χ3n) is 5.92. The second kappa shape index (κ2) is 12.0. The molecule has 0 aliphatic carbocycles. The van der Waals surface area contributed by atoms with E-state index in [2.05, 4.69) is 33.7 Å². The summed E-state index contributed by atoms with van der Waals surface area (Å²) in [4.78, 5) is 27.8. The highest BCUT2D eigenvalue weighted by atomic mass is 16.5. The minimum atomic E-state index is -0.292. The number of rotatable bonds is 10. The number of hydrogen-bond donors (Lipinski definition) is 2. The number of nitrogens with zero attached hydrogens (tertiary/aromatic N) is 1. The maximum Gasteiger partial charge on any atom is 0.262 e. The van der Waals surface area contributed by atoms with E-state index in [0.29, 0.717) is 30.2 Å². The van der Waals surface area contributed by atoms with Crippen LogP contribution in [0.3, 0.4) is 0 Å². The van der Waals surface area contributed by atoms with Crippen LogP contribution in [0.4, 0.5) is 11.4 Å². The molecule has 0 bridgehead atoms. The van der Waals surface area contributed by atoms with Gasteiger partial charge in [0.2, 0.25) is 0 Å². The number of methoxy groups -OCH3 is 1. The second-order valence-corrected chi connectivity index (χ2v) is 8.42. The van der Waals surface area contributed by atoms with Gasteiger partial charge < -0.3 is 25.0 Å². The molecule has 1 aliphatic rings. The van der Waals surface area contributed by atoms with Crippen LogP contribution in [0.15, 0.2) is 72.8 Å². The number of hydrogen-bond acceptors (Lipinski definition) is 5. The summed E-state index contributed by atoms with van der Waals surface area (Å²) in [6, 6.07) is 23.1. The lowest BCUT2D eigenvalue weighted by atomic mass is 9.98. The molecule has 2 amide bonds. The standard InChI is InChI=1S/C28H31N3O4/c1-34-17-7-15-29-28(33)25-18-23(30-27(32)20-35-24-10-3-2-4-11-24)12-13-26(25)31-16-14-21-8-5-6-9-22(21)19-31/h2-6,8-13,18H,7,14-17,19-20H2,1H3,(H,29,33)(H,30,32). The molecule has 0 unspecified atom stereocenters. The van der Waals surface area contributed by atoms with E-state index < -0.39 is 0 Å². The van der Waals surface area contributed by atoms with E-state index >= 15 is 0 Å². The van der Waals surface area contributed by atoms with E-state index in [1.165, 1.54) is 11.1 Å². The number of fused-ring (bicyclic) bond motifs is 1. The normalized spacial score (nSPS) is 12.5. The molecule has 35 heavy (non-hydrogen) atoms. The molecule has 0 atom stereocenters. The smallest absolute Gasteiger partial charge is 0.262 e. The Kier molecular flexibility index (Phi) is 8.35. The molecule has 0 saturated carbocycles. The minimum Gasteiger partial charge on any atom is -0.484 e. The molecule has 7 heteroatoms. The van der Waals surface area contributed by atoms with Gasteiger partial charge in [-0.15, -0.1) is 0 Å². The molecule has 0 spiro atoms. The largest absolute Gasteiger partial charge is 0.484 e. The van der Waals surface area contributed by atoms with Crippen molar-refractivity contribution < 1.29 is 19.1 Å². The first-order valence-electron chi connectivity index (χ1n) is 11.8. The first kappa shape index (κ1) is 24.3. The monoisotopic (exact) mass is 473 g/mol. The van der Waals surface area contributed by atoms with Gasteiger partial charge in [-0.3, -0.25) is 9.59 Å². The molecule has 2 N–H and O–H groups in total. The number of nitrogens with one attached hydrogen (secondary N) is 2. The second-order valence-electron chi connectivity index (χ2n) is 8.42. The van der Waals surface area contributed by atoms with Gasteiger partial charge in [-0.1, -0.05) is 42.5 Å². The predicted molar refractivity (Wildman–Crippen MR) is 137 cm³/mol. The molecular formula is C28H31N3O4. The Morgan fingerprint density at radius 3 is 2.54 bits per heavy atom. The van der Waals surface area contributed by atoms with Crippen LogP contribution in [0.2, 0.25) is 0 Å². The van der Waals surface area contributed by atoms with Gasteiger partial charge in [0, 0.05) is 44.7 Å². The van der Waals surface area contributed by atoms with Crippen molar-refractivity contribution >= 4 is 23.2 Å². The van der Waals surface area contributed by atoms with Crippen molar-refractivity contribution in [3.05, 3.63) is 89.5 Å².